The molecule has 1 aromatic rings. The zero-order valence-electron chi connectivity index (χ0n) is 17.1. The number of benzene rings is 1. The van der Waals surface area contributed by atoms with Gasteiger partial charge in [-0.05, 0) is 38.0 Å². The third-order valence-electron chi connectivity index (χ3n) is 4.24. The summed E-state index contributed by atoms with van der Waals surface area (Å²) in [7, 11) is 3.52. The number of guanidine groups is 1. The molecule has 0 spiro atoms. The van der Waals surface area contributed by atoms with Crippen LogP contribution in [0.2, 0.25) is 0 Å². The lowest BCUT2D eigenvalue weighted by Crippen LogP contribution is -2.42. The third-order valence-corrected chi connectivity index (χ3v) is 4.24. The van der Waals surface area contributed by atoms with E-state index in [1.807, 2.05) is 24.3 Å². The summed E-state index contributed by atoms with van der Waals surface area (Å²) in [5.41, 5.74) is 1.79. The summed E-state index contributed by atoms with van der Waals surface area (Å²) in [6.45, 7) is 7.95. The molecule has 0 fully saturated rings. The Morgan fingerprint density at radius 1 is 1.12 bits per heavy atom. The summed E-state index contributed by atoms with van der Waals surface area (Å²) in [5, 5.41) is 6.80. The van der Waals surface area contributed by atoms with Gasteiger partial charge in [0.2, 0.25) is 0 Å². The van der Waals surface area contributed by atoms with Crippen LogP contribution in [-0.2, 0) is 6.54 Å². The van der Waals surface area contributed by atoms with Crippen molar-refractivity contribution in [1.29, 1.82) is 0 Å². The maximum Gasteiger partial charge on any atom is 0.253 e. The average molecular weight is 361 g/mol. The summed E-state index contributed by atoms with van der Waals surface area (Å²) in [4.78, 5) is 18.2. The second kappa shape index (κ2) is 12.3. The first-order valence-electron chi connectivity index (χ1n) is 9.83. The summed E-state index contributed by atoms with van der Waals surface area (Å²) < 4.78 is 0. The molecule has 0 aliphatic rings. The first-order chi connectivity index (χ1) is 12.5. The van der Waals surface area contributed by atoms with Crippen molar-refractivity contribution in [2.75, 3.05) is 20.6 Å². The first-order valence-corrected chi connectivity index (χ1v) is 9.83. The van der Waals surface area contributed by atoms with Gasteiger partial charge in [0.1, 0.15) is 0 Å². The molecule has 1 unspecified atom stereocenters. The predicted octanol–water partition coefficient (Wildman–Crippen LogP) is 3.80. The molecule has 1 amide bonds. The highest BCUT2D eigenvalue weighted by molar-refractivity contribution is 5.93. The van der Waals surface area contributed by atoms with Crippen molar-refractivity contribution < 1.29 is 4.79 Å². The Balaban J connectivity index is 2.58. The smallest absolute Gasteiger partial charge is 0.253 e. The van der Waals surface area contributed by atoms with E-state index >= 15 is 0 Å². The van der Waals surface area contributed by atoms with E-state index in [2.05, 4.69) is 36.4 Å². The van der Waals surface area contributed by atoms with Crippen LogP contribution in [0, 0.1) is 0 Å². The van der Waals surface area contributed by atoms with E-state index in [9.17, 15) is 4.79 Å². The van der Waals surface area contributed by atoms with Gasteiger partial charge in [0, 0.05) is 32.2 Å². The molecule has 0 bridgehead atoms. The Morgan fingerprint density at radius 3 is 2.38 bits per heavy atom. The monoisotopic (exact) mass is 360 g/mol. The fraction of sp³-hybridized carbons (Fsp3) is 0.619. The van der Waals surface area contributed by atoms with E-state index in [1.165, 1.54) is 25.7 Å². The molecule has 1 atom stereocenters. The molecule has 2 N–H and O–H groups in total. The summed E-state index contributed by atoms with van der Waals surface area (Å²) in [6.07, 6.45) is 6.29. The van der Waals surface area contributed by atoms with Gasteiger partial charge in [-0.15, -0.1) is 0 Å². The molecule has 0 heterocycles. The zero-order valence-corrected chi connectivity index (χ0v) is 17.1. The van der Waals surface area contributed by atoms with Crippen LogP contribution in [0.25, 0.3) is 0 Å². The average Bonchev–Trinajstić information content (AvgIpc) is 2.63. The number of nitrogens with zero attached hydrogens (tertiary/aromatic N) is 2. The number of hydrogen-bond acceptors (Lipinski definition) is 2. The highest BCUT2D eigenvalue weighted by Crippen LogP contribution is 2.08. The molecule has 0 saturated heterocycles. The van der Waals surface area contributed by atoms with E-state index in [0.29, 0.717) is 18.2 Å². The Hall–Kier alpha value is -2.04. The molecule has 146 valence electrons. The maximum absolute atomic E-state index is 11.9. The van der Waals surface area contributed by atoms with Gasteiger partial charge in [0.25, 0.3) is 5.91 Å². The molecule has 5 nitrogen and oxygen atoms in total. The number of amides is 1. The minimum atomic E-state index is 0.0203. The standard InChI is InChI=1S/C21H36N4O/c1-6-8-9-10-11-17(3)24-21(22-7-2)23-16-18-12-14-19(15-13-18)20(26)25(4)5/h12-15,17H,6-11,16H2,1-5H3,(H2,22,23,24). The Kier molecular flexibility index (Phi) is 10.4. The normalized spacial score (nSPS) is 12.6. The van der Waals surface area contributed by atoms with Gasteiger partial charge >= 0.3 is 0 Å². The van der Waals surface area contributed by atoms with E-state index in [4.69, 9.17) is 0 Å². The predicted molar refractivity (Wildman–Crippen MR) is 111 cm³/mol. The SMILES string of the molecule is CCCCCCC(C)NC(=NCc1ccc(C(=O)N(C)C)cc1)NCC. The first kappa shape index (κ1) is 22.0. The molecule has 0 aliphatic heterocycles. The van der Waals surface area contributed by atoms with Crippen LogP contribution < -0.4 is 10.6 Å². The molecule has 0 aliphatic carbocycles. The molecule has 0 radical (unpaired) electrons. The van der Waals surface area contributed by atoms with Crippen LogP contribution in [0.3, 0.4) is 0 Å². The van der Waals surface area contributed by atoms with Crippen LogP contribution in [-0.4, -0.2) is 43.4 Å². The zero-order chi connectivity index (χ0) is 19.4. The fourth-order valence-electron chi connectivity index (χ4n) is 2.68. The van der Waals surface area contributed by atoms with Crippen molar-refractivity contribution in [3.05, 3.63) is 35.4 Å². The topological polar surface area (TPSA) is 56.7 Å². The van der Waals surface area contributed by atoms with Crippen molar-refractivity contribution >= 4 is 11.9 Å². The van der Waals surface area contributed by atoms with Crippen LogP contribution in [0.15, 0.2) is 29.3 Å². The number of hydrogen-bond donors (Lipinski definition) is 2. The summed E-state index contributed by atoms with van der Waals surface area (Å²) >= 11 is 0. The molecular weight excluding hydrogens is 324 g/mol. The second-order valence-electron chi connectivity index (χ2n) is 6.99. The van der Waals surface area contributed by atoms with Gasteiger partial charge in [0.05, 0.1) is 6.54 Å². The minimum absolute atomic E-state index is 0.0203. The van der Waals surface area contributed by atoms with Gasteiger partial charge in [0.15, 0.2) is 5.96 Å². The number of nitrogens with one attached hydrogen (secondary N) is 2. The number of carbonyl (C=O) groups excluding carboxylic acids is 1. The quantitative estimate of drug-likeness (QED) is 0.379. The van der Waals surface area contributed by atoms with Gasteiger partial charge in [-0.3, -0.25) is 4.79 Å². The molecule has 5 heteroatoms. The lowest BCUT2D eigenvalue weighted by atomic mass is 10.1. The molecule has 1 aromatic carbocycles. The Morgan fingerprint density at radius 2 is 1.81 bits per heavy atom. The van der Waals surface area contributed by atoms with Gasteiger partial charge in [-0.2, -0.15) is 0 Å². The lowest BCUT2D eigenvalue weighted by molar-refractivity contribution is 0.0827. The summed E-state index contributed by atoms with van der Waals surface area (Å²) in [5.74, 6) is 0.871. The Labute approximate surface area is 159 Å². The van der Waals surface area contributed by atoms with E-state index < -0.39 is 0 Å². The van der Waals surface area contributed by atoms with Crippen LogP contribution in [0.4, 0.5) is 0 Å². The molecular formula is C21H36N4O. The number of unbranched alkanes of at least 4 members (excludes halogenated alkanes) is 3. The summed E-state index contributed by atoms with van der Waals surface area (Å²) in [6, 6.07) is 8.08. The van der Waals surface area contributed by atoms with Gasteiger partial charge in [-0.25, -0.2) is 4.99 Å². The van der Waals surface area contributed by atoms with Crippen molar-refractivity contribution in [2.45, 2.75) is 65.5 Å². The number of carbonyl (C=O) groups is 1. The highest BCUT2D eigenvalue weighted by atomic mass is 16.2. The lowest BCUT2D eigenvalue weighted by Gasteiger charge is -2.18. The molecule has 1 rings (SSSR count). The van der Waals surface area contributed by atoms with Crippen LogP contribution in [0.5, 0.6) is 0 Å². The van der Waals surface area contributed by atoms with Crippen LogP contribution >= 0.6 is 0 Å². The van der Waals surface area contributed by atoms with Crippen LogP contribution in [0.1, 0.15) is 68.8 Å². The van der Waals surface area contributed by atoms with Crippen molar-refractivity contribution in [3.8, 4) is 0 Å². The van der Waals surface area contributed by atoms with Gasteiger partial charge in [-0.1, -0.05) is 44.7 Å². The van der Waals surface area contributed by atoms with Crippen molar-refractivity contribution in [2.24, 2.45) is 4.99 Å². The highest BCUT2D eigenvalue weighted by Gasteiger charge is 2.08. The van der Waals surface area contributed by atoms with Crippen molar-refractivity contribution in [3.63, 3.8) is 0 Å². The maximum atomic E-state index is 11.9. The third kappa shape index (κ3) is 8.37. The minimum Gasteiger partial charge on any atom is -0.357 e. The largest absolute Gasteiger partial charge is 0.357 e. The van der Waals surface area contributed by atoms with E-state index in [1.54, 1.807) is 19.0 Å². The number of rotatable bonds is 10. The second-order valence-corrected chi connectivity index (χ2v) is 6.99. The fourth-order valence-corrected chi connectivity index (χ4v) is 2.68. The molecule has 26 heavy (non-hydrogen) atoms. The number of aliphatic imine (C=N–C) groups is 1. The van der Waals surface area contributed by atoms with E-state index in [-0.39, 0.29) is 5.91 Å². The molecule has 0 aromatic heterocycles. The Bertz CT molecular complexity index is 552. The molecule has 0 saturated carbocycles. The van der Waals surface area contributed by atoms with Crippen molar-refractivity contribution in [1.82, 2.24) is 15.5 Å². The van der Waals surface area contributed by atoms with Gasteiger partial charge < -0.3 is 15.5 Å². The van der Waals surface area contributed by atoms with E-state index in [0.717, 1.165) is 24.5 Å².